The van der Waals surface area contributed by atoms with Crippen molar-refractivity contribution in [2.24, 2.45) is 0 Å². The number of aldehydes is 1. The number of nitrogens with zero attached hydrogens (tertiary/aromatic N) is 1. The number of hydrogen-bond acceptors (Lipinski definition) is 4. The van der Waals surface area contributed by atoms with E-state index in [2.05, 4.69) is 11.8 Å². The summed E-state index contributed by atoms with van der Waals surface area (Å²) in [6.45, 7) is 3.80. The fourth-order valence-electron chi connectivity index (χ4n) is 1.72. The van der Waals surface area contributed by atoms with Crippen LogP contribution in [0.15, 0.2) is 11.4 Å². The molecule has 2 heterocycles. The van der Waals surface area contributed by atoms with Gasteiger partial charge in [0.15, 0.2) is 6.29 Å². The second-order valence-electron chi connectivity index (χ2n) is 3.80. The highest BCUT2D eigenvalue weighted by Crippen LogP contribution is 2.33. The lowest BCUT2D eigenvalue weighted by Crippen LogP contribution is -2.61. The number of thiophene rings is 1. The maximum atomic E-state index is 10.7. The van der Waals surface area contributed by atoms with Crippen molar-refractivity contribution in [3.8, 4) is 0 Å². The Labute approximate surface area is 87.3 Å². The zero-order chi connectivity index (χ0) is 10.2. The van der Waals surface area contributed by atoms with Crippen LogP contribution in [0.4, 0.5) is 5.69 Å². The molecule has 0 aromatic carbocycles. The minimum absolute atomic E-state index is 0.0396. The van der Waals surface area contributed by atoms with Crippen molar-refractivity contribution in [3.05, 3.63) is 16.3 Å². The molecule has 2 rings (SSSR count). The van der Waals surface area contributed by atoms with Crippen LogP contribution in [0.3, 0.4) is 0 Å². The number of anilines is 1. The molecule has 0 amide bonds. The third kappa shape index (κ3) is 1.44. The van der Waals surface area contributed by atoms with Crippen molar-refractivity contribution < 1.29 is 9.53 Å². The second-order valence-corrected chi connectivity index (χ2v) is 4.75. The molecule has 0 radical (unpaired) electrons. The van der Waals surface area contributed by atoms with Crippen molar-refractivity contribution >= 4 is 23.3 Å². The van der Waals surface area contributed by atoms with E-state index in [-0.39, 0.29) is 5.60 Å². The summed E-state index contributed by atoms with van der Waals surface area (Å²) in [6.07, 6.45) is 0.919. The number of rotatable bonds is 3. The van der Waals surface area contributed by atoms with Crippen LogP contribution in [0.25, 0.3) is 0 Å². The molecule has 4 heteroatoms. The first kappa shape index (κ1) is 9.68. The van der Waals surface area contributed by atoms with E-state index in [0.29, 0.717) is 0 Å². The first-order chi connectivity index (χ1) is 6.68. The number of carbonyl (C=O) groups is 1. The normalized spacial score (nSPS) is 19.1. The molecular formula is C10H13NO2S. The quantitative estimate of drug-likeness (QED) is 0.714. The highest BCUT2D eigenvalue weighted by Gasteiger charge is 2.39. The summed E-state index contributed by atoms with van der Waals surface area (Å²) >= 11 is 1.48. The number of carbonyl (C=O) groups excluding carboxylic acids is 1. The predicted molar refractivity (Wildman–Crippen MR) is 57.3 cm³/mol. The number of ether oxygens (including phenoxy) is 1. The van der Waals surface area contributed by atoms with Gasteiger partial charge in [0.25, 0.3) is 0 Å². The van der Waals surface area contributed by atoms with Gasteiger partial charge in [0.1, 0.15) is 0 Å². The standard InChI is InChI=1S/C10H13NO2S/c1-10(13-2)6-11(7-10)8-3-4-14-9(8)5-12/h3-5H,6-7H2,1-2H3. The summed E-state index contributed by atoms with van der Waals surface area (Å²) in [5.41, 5.74) is 1.00. The lowest BCUT2D eigenvalue weighted by molar-refractivity contribution is -0.0167. The molecule has 0 unspecified atom stereocenters. The van der Waals surface area contributed by atoms with Crippen LogP contribution in [-0.2, 0) is 4.74 Å². The van der Waals surface area contributed by atoms with Gasteiger partial charge in [-0.2, -0.15) is 0 Å². The highest BCUT2D eigenvalue weighted by atomic mass is 32.1. The molecule has 1 aromatic rings. The summed E-state index contributed by atoms with van der Waals surface area (Å²) in [6, 6.07) is 1.99. The van der Waals surface area contributed by atoms with E-state index >= 15 is 0 Å². The first-order valence-corrected chi connectivity index (χ1v) is 5.39. The molecule has 0 aliphatic carbocycles. The van der Waals surface area contributed by atoms with E-state index in [4.69, 9.17) is 4.74 Å². The molecule has 0 atom stereocenters. The molecule has 1 aliphatic rings. The monoisotopic (exact) mass is 211 g/mol. The van der Waals surface area contributed by atoms with Gasteiger partial charge in [-0.1, -0.05) is 0 Å². The minimum Gasteiger partial charge on any atom is -0.375 e. The molecule has 14 heavy (non-hydrogen) atoms. The average molecular weight is 211 g/mol. The Morgan fingerprint density at radius 2 is 2.36 bits per heavy atom. The van der Waals surface area contributed by atoms with Crippen LogP contribution < -0.4 is 4.90 Å². The van der Waals surface area contributed by atoms with E-state index in [1.54, 1.807) is 7.11 Å². The topological polar surface area (TPSA) is 29.5 Å². The molecule has 0 bridgehead atoms. The molecule has 3 nitrogen and oxygen atoms in total. The van der Waals surface area contributed by atoms with Crippen LogP contribution in [-0.4, -0.2) is 32.1 Å². The molecule has 1 saturated heterocycles. The highest BCUT2D eigenvalue weighted by molar-refractivity contribution is 7.12. The summed E-state index contributed by atoms with van der Waals surface area (Å²) < 4.78 is 5.35. The molecule has 0 saturated carbocycles. The Balaban J connectivity index is 2.09. The van der Waals surface area contributed by atoms with Crippen molar-refractivity contribution in [3.63, 3.8) is 0 Å². The molecular weight excluding hydrogens is 198 g/mol. The van der Waals surface area contributed by atoms with Crippen LogP contribution in [0.2, 0.25) is 0 Å². The smallest absolute Gasteiger partial charge is 0.162 e. The fourth-order valence-corrected chi connectivity index (χ4v) is 2.44. The van der Waals surface area contributed by atoms with E-state index in [9.17, 15) is 4.79 Å². The maximum Gasteiger partial charge on any atom is 0.162 e. The van der Waals surface area contributed by atoms with E-state index < -0.39 is 0 Å². The number of hydrogen-bond donors (Lipinski definition) is 0. The Bertz CT molecular complexity index is 342. The Morgan fingerprint density at radius 1 is 1.64 bits per heavy atom. The van der Waals surface area contributed by atoms with Gasteiger partial charge in [-0.25, -0.2) is 0 Å². The zero-order valence-electron chi connectivity index (χ0n) is 8.32. The molecule has 1 fully saturated rings. The van der Waals surface area contributed by atoms with Crippen LogP contribution >= 0.6 is 11.3 Å². The molecule has 0 spiro atoms. The lowest BCUT2D eigenvalue weighted by Gasteiger charge is -2.48. The van der Waals surface area contributed by atoms with Gasteiger partial charge in [0.05, 0.1) is 16.2 Å². The van der Waals surface area contributed by atoms with Crippen molar-refractivity contribution in [2.75, 3.05) is 25.1 Å². The van der Waals surface area contributed by atoms with Crippen molar-refractivity contribution in [1.82, 2.24) is 0 Å². The summed E-state index contributed by atoms with van der Waals surface area (Å²) in [7, 11) is 1.73. The van der Waals surface area contributed by atoms with Gasteiger partial charge < -0.3 is 9.64 Å². The third-order valence-corrected chi connectivity index (χ3v) is 3.50. The van der Waals surface area contributed by atoms with Gasteiger partial charge >= 0.3 is 0 Å². The van der Waals surface area contributed by atoms with Gasteiger partial charge in [-0.05, 0) is 18.4 Å². The summed E-state index contributed by atoms with van der Waals surface area (Å²) in [5, 5.41) is 1.95. The SMILES string of the molecule is COC1(C)CN(c2ccsc2C=O)C1. The van der Waals surface area contributed by atoms with E-state index in [1.165, 1.54) is 11.3 Å². The minimum atomic E-state index is -0.0396. The summed E-state index contributed by atoms with van der Waals surface area (Å²) in [5.74, 6) is 0. The lowest BCUT2D eigenvalue weighted by atomic mass is 9.96. The fraction of sp³-hybridized carbons (Fsp3) is 0.500. The van der Waals surface area contributed by atoms with Crippen LogP contribution in [0.5, 0.6) is 0 Å². The maximum absolute atomic E-state index is 10.7. The molecule has 0 N–H and O–H groups in total. The van der Waals surface area contributed by atoms with Gasteiger partial charge in [-0.15, -0.1) is 11.3 Å². The third-order valence-electron chi connectivity index (χ3n) is 2.66. The first-order valence-electron chi connectivity index (χ1n) is 4.51. The largest absolute Gasteiger partial charge is 0.375 e. The van der Waals surface area contributed by atoms with Crippen molar-refractivity contribution in [1.29, 1.82) is 0 Å². The average Bonchev–Trinajstić information content (AvgIpc) is 2.60. The van der Waals surface area contributed by atoms with Crippen molar-refractivity contribution in [2.45, 2.75) is 12.5 Å². The zero-order valence-corrected chi connectivity index (χ0v) is 9.13. The van der Waals surface area contributed by atoms with Crippen LogP contribution in [0.1, 0.15) is 16.6 Å². The van der Waals surface area contributed by atoms with Gasteiger partial charge in [0, 0.05) is 20.2 Å². The number of methoxy groups -OCH3 is 1. The van der Waals surface area contributed by atoms with Gasteiger partial charge in [0.2, 0.25) is 0 Å². The Morgan fingerprint density at radius 3 is 2.93 bits per heavy atom. The van der Waals surface area contributed by atoms with E-state index in [0.717, 1.165) is 29.9 Å². The second kappa shape index (κ2) is 3.37. The molecule has 76 valence electrons. The predicted octanol–water partition coefficient (Wildman–Crippen LogP) is 1.79. The summed E-state index contributed by atoms with van der Waals surface area (Å²) in [4.78, 5) is 13.7. The molecule has 1 aliphatic heterocycles. The molecule has 1 aromatic heterocycles. The van der Waals surface area contributed by atoms with Gasteiger partial charge in [-0.3, -0.25) is 4.79 Å². The Kier molecular flexibility index (Phi) is 2.33. The van der Waals surface area contributed by atoms with Crippen LogP contribution in [0, 0.1) is 0 Å². The van der Waals surface area contributed by atoms with E-state index in [1.807, 2.05) is 11.4 Å². The Hall–Kier alpha value is -0.870.